The number of benzene rings is 1. The Labute approximate surface area is 129 Å². The highest BCUT2D eigenvalue weighted by atomic mass is 19.1. The maximum absolute atomic E-state index is 12.8. The molecule has 23 heavy (non-hydrogen) atoms. The molecule has 1 N–H and O–H groups in total. The van der Waals surface area contributed by atoms with Gasteiger partial charge in [-0.05, 0) is 29.8 Å². The smallest absolute Gasteiger partial charge is 0.437 e. The zero-order valence-corrected chi connectivity index (χ0v) is 11.9. The summed E-state index contributed by atoms with van der Waals surface area (Å²) in [6.07, 6.45) is 1.42. The van der Waals surface area contributed by atoms with Crippen LogP contribution < -0.4 is 11.1 Å². The van der Waals surface area contributed by atoms with Gasteiger partial charge in [-0.2, -0.15) is 4.68 Å². The van der Waals surface area contributed by atoms with E-state index in [2.05, 4.69) is 10.4 Å². The fraction of sp³-hybridized carbons (Fsp3) is 0.133. The zero-order valence-electron chi connectivity index (χ0n) is 11.9. The first-order chi connectivity index (χ1) is 11.1. The van der Waals surface area contributed by atoms with Gasteiger partial charge in [0.2, 0.25) is 5.91 Å². The Morgan fingerprint density at radius 1 is 1.26 bits per heavy atom. The van der Waals surface area contributed by atoms with Gasteiger partial charge < -0.3 is 14.2 Å². The highest BCUT2D eigenvalue weighted by molar-refractivity contribution is 5.75. The number of rotatable bonds is 5. The molecular formula is C15H12FN3O4. The van der Waals surface area contributed by atoms with Crippen LogP contribution in [0.25, 0.3) is 11.7 Å². The van der Waals surface area contributed by atoms with Gasteiger partial charge in [-0.25, -0.2) is 9.18 Å². The van der Waals surface area contributed by atoms with Gasteiger partial charge in [0.05, 0.1) is 6.26 Å². The normalized spacial score (nSPS) is 10.7. The highest BCUT2D eigenvalue weighted by Gasteiger charge is 2.14. The summed E-state index contributed by atoms with van der Waals surface area (Å²) in [6.45, 7) is -0.0685. The average Bonchev–Trinajstić information content (AvgIpc) is 3.17. The van der Waals surface area contributed by atoms with Crippen molar-refractivity contribution in [3.63, 3.8) is 0 Å². The van der Waals surface area contributed by atoms with Crippen molar-refractivity contribution in [3.05, 3.63) is 64.6 Å². The Hall–Kier alpha value is -3.16. The van der Waals surface area contributed by atoms with Gasteiger partial charge >= 0.3 is 5.76 Å². The molecule has 118 valence electrons. The molecular weight excluding hydrogens is 305 g/mol. The molecule has 0 bridgehead atoms. The fourth-order valence-electron chi connectivity index (χ4n) is 1.90. The summed E-state index contributed by atoms with van der Waals surface area (Å²) in [5.41, 5.74) is 0.739. The lowest BCUT2D eigenvalue weighted by Crippen LogP contribution is -2.31. The third-order valence-electron chi connectivity index (χ3n) is 3.03. The molecule has 0 fully saturated rings. The Kier molecular flexibility index (Phi) is 4.05. The summed E-state index contributed by atoms with van der Waals surface area (Å²) in [4.78, 5) is 23.5. The van der Waals surface area contributed by atoms with Gasteiger partial charge in [0.15, 0.2) is 5.76 Å². The van der Waals surface area contributed by atoms with Crippen molar-refractivity contribution in [2.75, 3.05) is 0 Å². The van der Waals surface area contributed by atoms with Crippen LogP contribution in [0.4, 0.5) is 4.39 Å². The molecule has 0 atom stereocenters. The van der Waals surface area contributed by atoms with E-state index in [-0.39, 0.29) is 24.8 Å². The molecule has 0 unspecified atom stereocenters. The number of amides is 1. The molecule has 0 saturated carbocycles. The number of halogens is 1. The number of carbonyl (C=O) groups excluding carboxylic acids is 1. The SMILES string of the molecule is O=C(Cn1nc(-c2ccco2)oc1=O)NCc1ccc(F)cc1. The van der Waals surface area contributed by atoms with Crippen molar-refractivity contribution >= 4 is 5.91 Å². The van der Waals surface area contributed by atoms with Gasteiger partial charge in [0.1, 0.15) is 12.4 Å². The van der Waals surface area contributed by atoms with Crippen LogP contribution in [-0.4, -0.2) is 15.7 Å². The predicted octanol–water partition coefficient (Wildman–Crippen LogP) is 1.55. The molecule has 3 aromatic rings. The fourth-order valence-corrected chi connectivity index (χ4v) is 1.90. The van der Waals surface area contributed by atoms with E-state index in [4.69, 9.17) is 8.83 Å². The molecule has 0 aliphatic heterocycles. The Bertz CT molecular complexity index is 850. The number of hydrogen-bond acceptors (Lipinski definition) is 5. The standard InChI is InChI=1S/C15H12FN3O4/c16-11-5-3-10(4-6-11)8-17-13(20)9-19-15(21)23-14(18-19)12-2-1-7-22-12/h1-7H,8-9H2,(H,17,20). The monoisotopic (exact) mass is 317 g/mol. The van der Waals surface area contributed by atoms with Gasteiger partial charge in [-0.15, -0.1) is 5.10 Å². The highest BCUT2D eigenvalue weighted by Crippen LogP contribution is 2.14. The van der Waals surface area contributed by atoms with Crippen LogP contribution in [0.3, 0.4) is 0 Å². The van der Waals surface area contributed by atoms with Crippen LogP contribution in [-0.2, 0) is 17.9 Å². The summed E-state index contributed by atoms with van der Waals surface area (Å²) in [5, 5.41) is 6.50. The van der Waals surface area contributed by atoms with Crippen LogP contribution in [0.5, 0.6) is 0 Å². The van der Waals surface area contributed by atoms with Gasteiger partial charge in [0, 0.05) is 6.54 Å². The van der Waals surface area contributed by atoms with Crippen LogP contribution in [0.1, 0.15) is 5.56 Å². The van der Waals surface area contributed by atoms with Crippen molar-refractivity contribution in [2.24, 2.45) is 0 Å². The maximum atomic E-state index is 12.8. The van der Waals surface area contributed by atoms with Gasteiger partial charge in [0.25, 0.3) is 5.89 Å². The predicted molar refractivity (Wildman–Crippen MR) is 76.7 cm³/mol. The van der Waals surface area contributed by atoms with Crippen LogP contribution in [0.15, 0.2) is 56.3 Å². The molecule has 7 nitrogen and oxygen atoms in total. The number of nitrogens with one attached hydrogen (secondary N) is 1. The lowest BCUT2D eigenvalue weighted by atomic mass is 10.2. The first-order valence-electron chi connectivity index (χ1n) is 6.75. The van der Waals surface area contributed by atoms with E-state index in [0.29, 0.717) is 5.76 Å². The minimum Gasteiger partial charge on any atom is -0.459 e. The van der Waals surface area contributed by atoms with Crippen molar-refractivity contribution in [1.29, 1.82) is 0 Å². The van der Waals surface area contributed by atoms with E-state index in [1.807, 2.05) is 0 Å². The van der Waals surface area contributed by atoms with Crippen molar-refractivity contribution < 1.29 is 18.0 Å². The summed E-state index contributed by atoms with van der Waals surface area (Å²) in [6, 6.07) is 8.95. The van der Waals surface area contributed by atoms with Gasteiger partial charge in [-0.3, -0.25) is 4.79 Å². The number of hydrogen-bond donors (Lipinski definition) is 1. The van der Waals surface area contributed by atoms with Crippen molar-refractivity contribution in [1.82, 2.24) is 15.1 Å². The van der Waals surface area contributed by atoms with Crippen LogP contribution in [0.2, 0.25) is 0 Å². The second-order valence-corrected chi connectivity index (χ2v) is 4.71. The summed E-state index contributed by atoms with van der Waals surface area (Å²) in [7, 11) is 0. The molecule has 2 heterocycles. The quantitative estimate of drug-likeness (QED) is 0.771. The molecule has 1 aromatic carbocycles. The second kappa shape index (κ2) is 6.30. The third-order valence-corrected chi connectivity index (χ3v) is 3.03. The van der Waals surface area contributed by atoms with Gasteiger partial charge in [-0.1, -0.05) is 12.1 Å². The van der Waals surface area contributed by atoms with E-state index in [0.717, 1.165) is 10.2 Å². The summed E-state index contributed by atoms with van der Waals surface area (Å²) >= 11 is 0. The van der Waals surface area contributed by atoms with E-state index in [1.165, 1.54) is 18.4 Å². The molecule has 0 radical (unpaired) electrons. The molecule has 3 rings (SSSR count). The molecule has 2 aromatic heterocycles. The maximum Gasteiger partial charge on any atom is 0.437 e. The van der Waals surface area contributed by atoms with Crippen LogP contribution in [0, 0.1) is 5.82 Å². The molecule has 8 heteroatoms. The first kappa shape index (κ1) is 14.8. The topological polar surface area (TPSA) is 90.3 Å². The zero-order chi connectivity index (χ0) is 16.2. The molecule has 0 spiro atoms. The van der Waals surface area contributed by atoms with E-state index < -0.39 is 11.7 Å². The number of furan rings is 1. The Balaban J connectivity index is 1.62. The summed E-state index contributed by atoms with van der Waals surface area (Å²) in [5.74, 6) is -1.22. The Morgan fingerprint density at radius 2 is 2.04 bits per heavy atom. The molecule has 0 aliphatic rings. The number of aromatic nitrogens is 2. The Morgan fingerprint density at radius 3 is 2.74 bits per heavy atom. The van der Waals surface area contributed by atoms with E-state index in [1.54, 1.807) is 24.3 Å². The lowest BCUT2D eigenvalue weighted by Gasteiger charge is -2.04. The summed E-state index contributed by atoms with van der Waals surface area (Å²) < 4.78 is 23.7. The van der Waals surface area contributed by atoms with E-state index in [9.17, 15) is 14.0 Å². The molecule has 0 saturated heterocycles. The van der Waals surface area contributed by atoms with E-state index >= 15 is 0 Å². The lowest BCUT2D eigenvalue weighted by molar-refractivity contribution is -0.122. The number of carbonyl (C=O) groups is 1. The molecule has 0 aliphatic carbocycles. The third kappa shape index (κ3) is 3.54. The minimum atomic E-state index is -0.756. The number of nitrogens with zero attached hydrogens (tertiary/aromatic N) is 2. The second-order valence-electron chi connectivity index (χ2n) is 4.71. The van der Waals surface area contributed by atoms with Crippen LogP contribution >= 0.6 is 0 Å². The largest absolute Gasteiger partial charge is 0.459 e. The average molecular weight is 317 g/mol. The minimum absolute atomic E-state index is 0.00587. The van der Waals surface area contributed by atoms with Crippen molar-refractivity contribution in [3.8, 4) is 11.7 Å². The van der Waals surface area contributed by atoms with Crippen molar-refractivity contribution in [2.45, 2.75) is 13.1 Å². The molecule has 1 amide bonds. The first-order valence-corrected chi connectivity index (χ1v) is 6.75.